The first-order valence-corrected chi connectivity index (χ1v) is 6.35. The fourth-order valence-electron chi connectivity index (χ4n) is 2.53. The third-order valence-electron chi connectivity index (χ3n) is 3.61. The standard InChI is InChI=1S/C15H14N2O3/c1-17-6-5-13(16-17)15(19)12-7-9-3-4-10(20-2)8-11(9)14(12)18/h3-6,8,12H,7H2,1-2H3. The number of ether oxygens (including phenoxy) is 1. The third-order valence-corrected chi connectivity index (χ3v) is 3.61. The number of Topliss-reactive ketones (excluding diaryl/α,β-unsaturated/α-hetero) is 2. The molecule has 5 heteroatoms. The van der Waals surface area contributed by atoms with Gasteiger partial charge >= 0.3 is 0 Å². The Morgan fingerprint density at radius 3 is 2.85 bits per heavy atom. The Bertz CT molecular complexity index is 703. The molecule has 0 amide bonds. The number of nitrogens with zero attached hydrogens (tertiary/aromatic N) is 2. The summed E-state index contributed by atoms with van der Waals surface area (Å²) in [5.74, 6) is -0.393. The Kier molecular flexibility index (Phi) is 2.89. The topological polar surface area (TPSA) is 61.2 Å². The van der Waals surface area contributed by atoms with Gasteiger partial charge in [0.25, 0.3) is 0 Å². The minimum Gasteiger partial charge on any atom is -0.497 e. The van der Waals surface area contributed by atoms with Crippen LogP contribution in [-0.2, 0) is 13.5 Å². The quantitative estimate of drug-likeness (QED) is 0.628. The van der Waals surface area contributed by atoms with E-state index in [1.165, 1.54) is 0 Å². The number of aromatic nitrogens is 2. The van der Waals surface area contributed by atoms with E-state index in [4.69, 9.17) is 4.74 Å². The Hall–Kier alpha value is -2.43. The largest absolute Gasteiger partial charge is 0.497 e. The molecule has 0 spiro atoms. The molecule has 102 valence electrons. The Labute approximate surface area is 116 Å². The number of hydrogen-bond donors (Lipinski definition) is 0. The van der Waals surface area contributed by atoms with Gasteiger partial charge in [-0.25, -0.2) is 0 Å². The lowest BCUT2D eigenvalue weighted by atomic mass is 9.97. The fraction of sp³-hybridized carbons (Fsp3) is 0.267. The highest BCUT2D eigenvalue weighted by Crippen LogP contribution is 2.31. The second kappa shape index (κ2) is 4.59. The highest BCUT2D eigenvalue weighted by Gasteiger charge is 2.37. The van der Waals surface area contributed by atoms with Gasteiger partial charge in [0.05, 0.1) is 13.0 Å². The molecule has 5 nitrogen and oxygen atoms in total. The van der Waals surface area contributed by atoms with Crippen molar-refractivity contribution >= 4 is 11.6 Å². The van der Waals surface area contributed by atoms with Gasteiger partial charge in [0.2, 0.25) is 0 Å². The Morgan fingerprint density at radius 2 is 2.20 bits per heavy atom. The van der Waals surface area contributed by atoms with Crippen molar-refractivity contribution in [3.05, 3.63) is 47.3 Å². The van der Waals surface area contributed by atoms with Crippen molar-refractivity contribution in [2.24, 2.45) is 13.0 Å². The summed E-state index contributed by atoms with van der Waals surface area (Å²) < 4.78 is 6.68. The molecule has 20 heavy (non-hydrogen) atoms. The first-order valence-electron chi connectivity index (χ1n) is 6.35. The number of aryl methyl sites for hydroxylation is 1. The molecule has 0 bridgehead atoms. The lowest BCUT2D eigenvalue weighted by Crippen LogP contribution is -2.21. The van der Waals surface area contributed by atoms with Gasteiger partial charge in [-0.2, -0.15) is 5.10 Å². The molecule has 3 rings (SSSR count). The van der Waals surface area contributed by atoms with Crippen LogP contribution in [0.25, 0.3) is 0 Å². The van der Waals surface area contributed by atoms with Crippen molar-refractivity contribution in [3.8, 4) is 5.75 Å². The van der Waals surface area contributed by atoms with Crippen LogP contribution in [0.5, 0.6) is 5.75 Å². The van der Waals surface area contributed by atoms with Crippen LogP contribution < -0.4 is 4.74 Å². The molecule has 1 aliphatic carbocycles. The molecule has 0 N–H and O–H groups in total. The van der Waals surface area contributed by atoms with Gasteiger partial charge in [0.15, 0.2) is 11.6 Å². The molecule has 1 atom stereocenters. The molecule has 0 saturated carbocycles. The normalized spacial score (nSPS) is 17.1. The zero-order valence-corrected chi connectivity index (χ0v) is 11.3. The van der Waals surface area contributed by atoms with E-state index < -0.39 is 5.92 Å². The minimum absolute atomic E-state index is 0.144. The zero-order chi connectivity index (χ0) is 14.3. The third kappa shape index (κ3) is 1.91. The van der Waals surface area contributed by atoms with E-state index in [-0.39, 0.29) is 11.6 Å². The van der Waals surface area contributed by atoms with Crippen molar-refractivity contribution in [1.29, 1.82) is 0 Å². The second-order valence-corrected chi connectivity index (χ2v) is 4.88. The molecule has 0 aliphatic heterocycles. The van der Waals surface area contributed by atoms with E-state index >= 15 is 0 Å². The number of fused-ring (bicyclic) bond motifs is 1. The van der Waals surface area contributed by atoms with E-state index in [9.17, 15) is 9.59 Å². The molecule has 0 fully saturated rings. The van der Waals surface area contributed by atoms with Crippen LogP contribution >= 0.6 is 0 Å². The lowest BCUT2D eigenvalue weighted by Gasteiger charge is -2.03. The maximum absolute atomic E-state index is 12.4. The molecule has 0 radical (unpaired) electrons. The van der Waals surface area contributed by atoms with Gasteiger partial charge in [0.1, 0.15) is 11.4 Å². The van der Waals surface area contributed by atoms with Crippen LogP contribution in [0.15, 0.2) is 30.5 Å². The first-order chi connectivity index (χ1) is 9.60. The van der Waals surface area contributed by atoms with E-state index in [1.54, 1.807) is 43.2 Å². The predicted octanol–water partition coefficient (Wildman–Crippen LogP) is 1.67. The fourth-order valence-corrected chi connectivity index (χ4v) is 2.53. The van der Waals surface area contributed by atoms with Crippen LogP contribution in [0, 0.1) is 5.92 Å². The maximum Gasteiger partial charge on any atom is 0.194 e. The van der Waals surface area contributed by atoms with Crippen molar-refractivity contribution < 1.29 is 14.3 Å². The molecule has 0 saturated heterocycles. The van der Waals surface area contributed by atoms with E-state index in [0.29, 0.717) is 23.4 Å². The number of rotatable bonds is 3. The summed E-state index contributed by atoms with van der Waals surface area (Å²) in [7, 11) is 3.30. The van der Waals surface area contributed by atoms with Crippen LogP contribution in [0.3, 0.4) is 0 Å². The summed E-state index contributed by atoms with van der Waals surface area (Å²) in [6.45, 7) is 0. The second-order valence-electron chi connectivity index (χ2n) is 4.88. The van der Waals surface area contributed by atoms with Crippen LogP contribution in [-0.4, -0.2) is 28.5 Å². The average Bonchev–Trinajstić information content (AvgIpc) is 3.02. The smallest absolute Gasteiger partial charge is 0.194 e. The van der Waals surface area contributed by atoms with Gasteiger partial charge < -0.3 is 4.74 Å². The Balaban J connectivity index is 1.92. The van der Waals surface area contributed by atoms with E-state index in [0.717, 1.165) is 5.56 Å². The van der Waals surface area contributed by atoms with Crippen LogP contribution in [0.1, 0.15) is 26.4 Å². The molecule has 2 aromatic rings. The number of benzene rings is 1. The highest BCUT2D eigenvalue weighted by molar-refractivity contribution is 6.18. The summed E-state index contributed by atoms with van der Waals surface area (Å²) in [6, 6.07) is 6.99. The van der Waals surface area contributed by atoms with Gasteiger partial charge in [-0.3, -0.25) is 14.3 Å². The predicted molar refractivity (Wildman–Crippen MR) is 72.1 cm³/mol. The van der Waals surface area contributed by atoms with Gasteiger partial charge in [-0.05, 0) is 30.2 Å². The summed E-state index contributed by atoms with van der Waals surface area (Å²) >= 11 is 0. The number of carbonyl (C=O) groups is 2. The monoisotopic (exact) mass is 270 g/mol. The van der Waals surface area contributed by atoms with Crippen LogP contribution in [0.2, 0.25) is 0 Å². The van der Waals surface area contributed by atoms with Crippen molar-refractivity contribution in [1.82, 2.24) is 9.78 Å². The summed E-state index contributed by atoms with van der Waals surface area (Å²) in [4.78, 5) is 24.7. The average molecular weight is 270 g/mol. The SMILES string of the molecule is COc1ccc2c(c1)C(=O)C(C(=O)c1ccn(C)n1)C2. The zero-order valence-electron chi connectivity index (χ0n) is 11.3. The van der Waals surface area contributed by atoms with Gasteiger partial charge in [-0.1, -0.05) is 6.07 Å². The first kappa shape index (κ1) is 12.6. The summed E-state index contributed by atoms with van der Waals surface area (Å²) in [5, 5.41) is 4.08. The molecule has 1 unspecified atom stereocenters. The summed E-state index contributed by atoms with van der Waals surface area (Å²) in [6.07, 6.45) is 2.14. The maximum atomic E-state index is 12.4. The molecule has 1 aliphatic rings. The van der Waals surface area contributed by atoms with Gasteiger partial charge in [0, 0.05) is 18.8 Å². The minimum atomic E-state index is -0.660. The number of ketones is 2. The van der Waals surface area contributed by atoms with Crippen LogP contribution in [0.4, 0.5) is 0 Å². The van der Waals surface area contributed by atoms with Crippen molar-refractivity contribution in [3.63, 3.8) is 0 Å². The molecule has 1 aromatic carbocycles. The molecule has 1 heterocycles. The number of carbonyl (C=O) groups excluding carboxylic acids is 2. The molecular formula is C15H14N2O3. The van der Waals surface area contributed by atoms with E-state index in [1.807, 2.05) is 6.07 Å². The number of methoxy groups -OCH3 is 1. The molecule has 1 aromatic heterocycles. The van der Waals surface area contributed by atoms with Crippen molar-refractivity contribution in [2.45, 2.75) is 6.42 Å². The van der Waals surface area contributed by atoms with Crippen molar-refractivity contribution in [2.75, 3.05) is 7.11 Å². The summed E-state index contributed by atoms with van der Waals surface area (Å²) in [5.41, 5.74) is 1.81. The Morgan fingerprint density at radius 1 is 1.40 bits per heavy atom. The highest BCUT2D eigenvalue weighted by atomic mass is 16.5. The number of hydrogen-bond acceptors (Lipinski definition) is 4. The molecular weight excluding hydrogens is 256 g/mol. The van der Waals surface area contributed by atoms with E-state index in [2.05, 4.69) is 5.10 Å². The lowest BCUT2D eigenvalue weighted by molar-refractivity contribution is 0.0818. The van der Waals surface area contributed by atoms with Gasteiger partial charge in [-0.15, -0.1) is 0 Å².